The Morgan fingerprint density at radius 3 is 2.75 bits per heavy atom. The Hall–Kier alpha value is -1.81. The zero-order valence-corrected chi connectivity index (χ0v) is 17.8. The molecule has 0 spiro atoms. The molecule has 1 aromatic heterocycles. The molecule has 7 nitrogen and oxygen atoms in total. The third-order valence-corrected chi connectivity index (χ3v) is 6.68. The SMILES string of the molecule is CC(NC(=O)c1cc(S(=O)(=O)NCC2CCCO2)ccc1Br)c1ccncc1. The Balaban J connectivity index is 1.73. The average molecular weight is 468 g/mol. The van der Waals surface area contributed by atoms with Crippen LogP contribution in [0.15, 0.2) is 52.1 Å². The van der Waals surface area contributed by atoms with Crippen LogP contribution in [-0.2, 0) is 14.8 Å². The van der Waals surface area contributed by atoms with Crippen LogP contribution in [-0.4, -0.2) is 38.6 Å². The Labute approximate surface area is 173 Å². The van der Waals surface area contributed by atoms with E-state index in [1.54, 1.807) is 18.5 Å². The third-order valence-electron chi connectivity index (χ3n) is 4.57. The van der Waals surface area contributed by atoms with Crippen LogP contribution in [0.2, 0.25) is 0 Å². The summed E-state index contributed by atoms with van der Waals surface area (Å²) in [6.45, 7) is 2.73. The second kappa shape index (κ2) is 9.13. The minimum atomic E-state index is -3.74. The van der Waals surface area contributed by atoms with E-state index >= 15 is 0 Å². The van der Waals surface area contributed by atoms with Crippen molar-refractivity contribution < 1.29 is 17.9 Å². The van der Waals surface area contributed by atoms with Gasteiger partial charge in [0.15, 0.2) is 0 Å². The zero-order chi connectivity index (χ0) is 20.1. The minimum Gasteiger partial charge on any atom is -0.377 e. The van der Waals surface area contributed by atoms with Gasteiger partial charge in [-0.05, 0) is 71.6 Å². The van der Waals surface area contributed by atoms with Crippen LogP contribution in [0.25, 0.3) is 0 Å². The Kier molecular flexibility index (Phi) is 6.82. The van der Waals surface area contributed by atoms with E-state index in [2.05, 4.69) is 31.0 Å². The van der Waals surface area contributed by atoms with Crippen LogP contribution in [0.4, 0.5) is 0 Å². The maximum absolute atomic E-state index is 12.7. The molecule has 2 aromatic rings. The van der Waals surface area contributed by atoms with E-state index < -0.39 is 10.0 Å². The largest absolute Gasteiger partial charge is 0.377 e. The number of nitrogens with zero attached hydrogens (tertiary/aromatic N) is 1. The fourth-order valence-electron chi connectivity index (χ4n) is 2.95. The second-order valence-corrected chi connectivity index (χ2v) is 9.23. The van der Waals surface area contributed by atoms with Crippen molar-refractivity contribution in [1.82, 2.24) is 15.0 Å². The van der Waals surface area contributed by atoms with Gasteiger partial charge in [0, 0.05) is 30.0 Å². The molecule has 150 valence electrons. The van der Waals surface area contributed by atoms with Crippen LogP contribution < -0.4 is 10.0 Å². The number of halogens is 1. The quantitative estimate of drug-likeness (QED) is 0.652. The van der Waals surface area contributed by atoms with Crippen molar-refractivity contribution in [3.8, 4) is 0 Å². The highest BCUT2D eigenvalue weighted by Gasteiger charge is 2.22. The number of carbonyl (C=O) groups excluding carboxylic acids is 1. The number of amides is 1. The van der Waals surface area contributed by atoms with E-state index in [1.807, 2.05) is 19.1 Å². The molecule has 0 radical (unpaired) electrons. The van der Waals surface area contributed by atoms with Crippen molar-refractivity contribution in [3.63, 3.8) is 0 Å². The van der Waals surface area contributed by atoms with Crippen LogP contribution in [0.1, 0.15) is 41.7 Å². The summed E-state index contributed by atoms with van der Waals surface area (Å²) in [4.78, 5) is 16.7. The van der Waals surface area contributed by atoms with Gasteiger partial charge in [0.2, 0.25) is 10.0 Å². The monoisotopic (exact) mass is 467 g/mol. The molecule has 1 aliphatic rings. The van der Waals surface area contributed by atoms with E-state index in [0.717, 1.165) is 18.4 Å². The van der Waals surface area contributed by atoms with Crippen molar-refractivity contribution in [2.45, 2.75) is 36.8 Å². The lowest BCUT2D eigenvalue weighted by molar-refractivity contribution is 0.0939. The first-order valence-electron chi connectivity index (χ1n) is 8.98. The first-order chi connectivity index (χ1) is 13.4. The molecule has 2 heterocycles. The standard InChI is InChI=1S/C19H22BrN3O4S/c1-13(14-6-8-21-9-7-14)23-19(24)17-11-16(4-5-18(17)20)28(25,26)22-12-15-3-2-10-27-15/h4-9,11,13,15,22H,2-3,10,12H2,1H3,(H,23,24). The summed E-state index contributed by atoms with van der Waals surface area (Å²) in [5.41, 5.74) is 1.15. The molecular formula is C19H22BrN3O4S. The van der Waals surface area contributed by atoms with Gasteiger partial charge >= 0.3 is 0 Å². The summed E-state index contributed by atoms with van der Waals surface area (Å²) in [5, 5.41) is 2.88. The molecule has 1 amide bonds. The van der Waals surface area contributed by atoms with Gasteiger partial charge in [-0.15, -0.1) is 0 Å². The van der Waals surface area contributed by atoms with Crippen molar-refractivity contribution in [1.29, 1.82) is 0 Å². The van der Waals surface area contributed by atoms with Gasteiger partial charge in [-0.25, -0.2) is 13.1 Å². The lowest BCUT2D eigenvalue weighted by Gasteiger charge is -2.16. The predicted octanol–water partition coefficient (Wildman–Crippen LogP) is 2.79. The molecule has 0 bridgehead atoms. The highest BCUT2D eigenvalue weighted by molar-refractivity contribution is 9.10. The molecule has 28 heavy (non-hydrogen) atoms. The molecule has 1 saturated heterocycles. The van der Waals surface area contributed by atoms with Gasteiger partial charge in [0.05, 0.1) is 22.6 Å². The molecule has 9 heteroatoms. The molecule has 3 rings (SSSR count). The number of hydrogen-bond donors (Lipinski definition) is 2. The average Bonchev–Trinajstić information content (AvgIpc) is 3.21. The normalized spacial score (nSPS) is 18.0. The molecule has 1 aromatic carbocycles. The minimum absolute atomic E-state index is 0.0374. The fourth-order valence-corrected chi connectivity index (χ4v) is 4.47. The highest BCUT2D eigenvalue weighted by Crippen LogP contribution is 2.23. The van der Waals surface area contributed by atoms with E-state index in [1.165, 1.54) is 12.1 Å². The number of pyridine rings is 1. The van der Waals surface area contributed by atoms with Crippen LogP contribution in [0, 0.1) is 0 Å². The molecule has 2 atom stereocenters. The maximum Gasteiger partial charge on any atom is 0.252 e. The molecule has 2 unspecified atom stereocenters. The smallest absolute Gasteiger partial charge is 0.252 e. The van der Waals surface area contributed by atoms with E-state index in [-0.39, 0.29) is 35.1 Å². The number of rotatable bonds is 7. The second-order valence-electron chi connectivity index (χ2n) is 6.60. The van der Waals surface area contributed by atoms with Crippen LogP contribution >= 0.6 is 15.9 Å². The first-order valence-corrected chi connectivity index (χ1v) is 11.3. The maximum atomic E-state index is 12.7. The number of aromatic nitrogens is 1. The topological polar surface area (TPSA) is 97.4 Å². The molecular weight excluding hydrogens is 446 g/mol. The lowest BCUT2D eigenvalue weighted by Crippen LogP contribution is -2.32. The van der Waals surface area contributed by atoms with E-state index in [9.17, 15) is 13.2 Å². The highest BCUT2D eigenvalue weighted by atomic mass is 79.9. The molecule has 1 aliphatic heterocycles. The summed E-state index contributed by atoms with van der Waals surface area (Å²) in [6, 6.07) is 7.78. The molecule has 0 saturated carbocycles. The number of hydrogen-bond acceptors (Lipinski definition) is 5. The Morgan fingerprint density at radius 2 is 2.07 bits per heavy atom. The molecule has 1 fully saturated rings. The van der Waals surface area contributed by atoms with Gasteiger partial charge in [0.25, 0.3) is 5.91 Å². The number of nitrogens with one attached hydrogen (secondary N) is 2. The summed E-state index contributed by atoms with van der Waals surface area (Å²) < 4.78 is 33.7. The summed E-state index contributed by atoms with van der Waals surface area (Å²) in [5.74, 6) is -0.368. The van der Waals surface area contributed by atoms with Gasteiger partial charge in [0.1, 0.15) is 0 Å². The van der Waals surface area contributed by atoms with Crippen LogP contribution in [0.3, 0.4) is 0 Å². The van der Waals surface area contributed by atoms with E-state index in [4.69, 9.17) is 4.74 Å². The van der Waals surface area contributed by atoms with Crippen molar-refractivity contribution in [2.75, 3.05) is 13.2 Å². The van der Waals surface area contributed by atoms with Gasteiger partial charge in [-0.1, -0.05) is 0 Å². The number of ether oxygens (including phenoxy) is 1. The van der Waals surface area contributed by atoms with Crippen molar-refractivity contribution in [2.24, 2.45) is 0 Å². The third kappa shape index (κ3) is 5.16. The fraction of sp³-hybridized carbons (Fsp3) is 0.368. The predicted molar refractivity (Wildman–Crippen MR) is 108 cm³/mol. The van der Waals surface area contributed by atoms with E-state index in [0.29, 0.717) is 11.1 Å². The summed E-state index contributed by atoms with van der Waals surface area (Å²) in [6.07, 6.45) is 4.98. The van der Waals surface area contributed by atoms with Gasteiger partial charge < -0.3 is 10.1 Å². The van der Waals surface area contributed by atoms with Crippen LogP contribution in [0.5, 0.6) is 0 Å². The first kappa shape index (κ1) is 20.9. The Morgan fingerprint density at radius 1 is 1.32 bits per heavy atom. The Bertz CT molecular complexity index is 931. The number of carbonyl (C=O) groups is 1. The lowest BCUT2D eigenvalue weighted by atomic mass is 10.1. The van der Waals surface area contributed by atoms with Gasteiger partial charge in [-0.2, -0.15) is 0 Å². The van der Waals surface area contributed by atoms with Crippen molar-refractivity contribution >= 4 is 31.9 Å². The molecule has 2 N–H and O–H groups in total. The van der Waals surface area contributed by atoms with Crippen molar-refractivity contribution in [3.05, 3.63) is 58.3 Å². The summed E-state index contributed by atoms with van der Waals surface area (Å²) >= 11 is 3.33. The summed E-state index contributed by atoms with van der Waals surface area (Å²) in [7, 11) is -3.74. The van der Waals surface area contributed by atoms with Gasteiger partial charge in [-0.3, -0.25) is 9.78 Å². The molecule has 0 aliphatic carbocycles. The number of sulfonamides is 1. The number of benzene rings is 1. The zero-order valence-electron chi connectivity index (χ0n) is 15.4.